The van der Waals surface area contributed by atoms with Gasteiger partial charge in [-0.15, -0.1) is 0 Å². The molecule has 0 saturated heterocycles. The zero-order chi connectivity index (χ0) is 14.2. The van der Waals surface area contributed by atoms with Gasteiger partial charge >= 0.3 is 0 Å². The smallest absolute Gasteiger partial charge is 0.231 e. The number of hydrogen-bond acceptors (Lipinski definition) is 2. The van der Waals surface area contributed by atoms with Crippen molar-refractivity contribution in [1.29, 1.82) is 0 Å². The maximum absolute atomic E-state index is 12.5. The summed E-state index contributed by atoms with van der Waals surface area (Å²) in [6.45, 7) is 5.98. The van der Waals surface area contributed by atoms with Crippen LogP contribution in [0.4, 0.5) is 5.69 Å². The van der Waals surface area contributed by atoms with Crippen molar-refractivity contribution in [3.8, 4) is 0 Å². The fraction of sp³-hybridized carbons (Fsp3) is 0.533. The van der Waals surface area contributed by atoms with E-state index in [0.29, 0.717) is 0 Å². The maximum Gasteiger partial charge on any atom is 0.231 e. The molecule has 0 aliphatic heterocycles. The second-order valence-electron chi connectivity index (χ2n) is 5.78. The van der Waals surface area contributed by atoms with Gasteiger partial charge in [-0.25, -0.2) is 0 Å². The number of halogens is 1. The quantitative estimate of drug-likeness (QED) is 0.874. The molecule has 104 valence electrons. The highest BCUT2D eigenvalue weighted by Crippen LogP contribution is 2.38. The van der Waals surface area contributed by atoms with Crippen molar-refractivity contribution in [3.05, 3.63) is 27.7 Å². The lowest BCUT2D eigenvalue weighted by atomic mass is 9.84. The Morgan fingerprint density at radius 2 is 2.00 bits per heavy atom. The van der Waals surface area contributed by atoms with Crippen LogP contribution in [-0.2, 0) is 4.79 Å². The van der Waals surface area contributed by atoms with E-state index in [1.165, 1.54) is 0 Å². The molecule has 3 nitrogen and oxygen atoms in total. The summed E-state index contributed by atoms with van der Waals surface area (Å²) in [7, 11) is 0. The summed E-state index contributed by atoms with van der Waals surface area (Å²) in [6, 6.07) is 3.99. The molecular weight excluding hydrogens is 304 g/mol. The van der Waals surface area contributed by atoms with Crippen molar-refractivity contribution in [2.45, 2.75) is 46.1 Å². The Morgan fingerprint density at radius 1 is 1.42 bits per heavy atom. The van der Waals surface area contributed by atoms with Crippen LogP contribution in [-0.4, -0.2) is 11.9 Å². The summed E-state index contributed by atoms with van der Waals surface area (Å²) in [5, 5.41) is 3.08. The number of anilines is 1. The first-order valence-electron chi connectivity index (χ1n) is 6.68. The third-order valence-electron chi connectivity index (χ3n) is 4.28. The molecule has 1 saturated carbocycles. The second kappa shape index (κ2) is 5.25. The maximum atomic E-state index is 12.5. The number of carbonyl (C=O) groups excluding carboxylic acids is 1. The van der Waals surface area contributed by atoms with Crippen LogP contribution in [0.1, 0.15) is 37.3 Å². The number of aryl methyl sites for hydroxylation is 2. The molecule has 0 spiro atoms. The summed E-state index contributed by atoms with van der Waals surface area (Å²) in [6.07, 6.45) is 2.83. The van der Waals surface area contributed by atoms with Crippen molar-refractivity contribution >= 4 is 27.5 Å². The Bertz CT molecular complexity index is 492. The van der Waals surface area contributed by atoms with E-state index in [2.05, 4.69) is 21.2 Å². The molecule has 1 aromatic carbocycles. The molecule has 2 unspecified atom stereocenters. The summed E-state index contributed by atoms with van der Waals surface area (Å²) in [5.41, 5.74) is 8.70. The van der Waals surface area contributed by atoms with E-state index in [1.54, 1.807) is 0 Å². The van der Waals surface area contributed by atoms with Crippen LogP contribution in [0.15, 0.2) is 16.6 Å². The number of benzene rings is 1. The van der Waals surface area contributed by atoms with Crippen molar-refractivity contribution in [1.82, 2.24) is 0 Å². The predicted octanol–water partition coefficient (Wildman–Crippen LogP) is 3.52. The highest BCUT2D eigenvalue weighted by molar-refractivity contribution is 9.10. The molecule has 3 N–H and O–H groups in total. The van der Waals surface area contributed by atoms with Gasteiger partial charge in [-0.05, 0) is 56.9 Å². The Morgan fingerprint density at radius 3 is 2.47 bits per heavy atom. The van der Waals surface area contributed by atoms with Crippen LogP contribution in [0.3, 0.4) is 0 Å². The number of nitrogens with one attached hydrogen (secondary N) is 1. The van der Waals surface area contributed by atoms with Gasteiger partial charge < -0.3 is 11.1 Å². The first-order chi connectivity index (χ1) is 8.84. The summed E-state index contributed by atoms with van der Waals surface area (Å²) < 4.78 is 1.03. The molecule has 1 fully saturated rings. The molecule has 2 atom stereocenters. The molecule has 1 aliphatic rings. The first-order valence-corrected chi connectivity index (χ1v) is 7.47. The number of hydrogen-bond donors (Lipinski definition) is 2. The van der Waals surface area contributed by atoms with E-state index in [1.807, 2.05) is 32.9 Å². The van der Waals surface area contributed by atoms with Gasteiger partial charge in [0.1, 0.15) is 0 Å². The predicted molar refractivity (Wildman–Crippen MR) is 82.2 cm³/mol. The van der Waals surface area contributed by atoms with Crippen LogP contribution in [0, 0.1) is 19.3 Å². The highest BCUT2D eigenvalue weighted by atomic mass is 79.9. The molecule has 0 bridgehead atoms. The fourth-order valence-corrected chi connectivity index (χ4v) is 3.53. The normalized spacial score (nSPS) is 26.5. The number of amides is 1. The van der Waals surface area contributed by atoms with Crippen molar-refractivity contribution in [2.24, 2.45) is 11.1 Å². The number of rotatable bonds is 2. The van der Waals surface area contributed by atoms with Gasteiger partial charge in [0.25, 0.3) is 0 Å². The third kappa shape index (κ3) is 2.70. The fourth-order valence-electron chi connectivity index (χ4n) is 2.84. The van der Waals surface area contributed by atoms with Gasteiger partial charge in [0.2, 0.25) is 5.91 Å². The van der Waals surface area contributed by atoms with Crippen molar-refractivity contribution in [2.75, 3.05) is 5.32 Å². The summed E-state index contributed by atoms with van der Waals surface area (Å²) in [4.78, 5) is 12.5. The minimum absolute atomic E-state index is 0.0384. The zero-order valence-corrected chi connectivity index (χ0v) is 13.3. The van der Waals surface area contributed by atoms with Crippen LogP contribution < -0.4 is 11.1 Å². The topological polar surface area (TPSA) is 55.1 Å². The van der Waals surface area contributed by atoms with Gasteiger partial charge in [0.15, 0.2) is 0 Å². The highest BCUT2D eigenvalue weighted by Gasteiger charge is 2.43. The molecule has 19 heavy (non-hydrogen) atoms. The zero-order valence-electron chi connectivity index (χ0n) is 11.7. The van der Waals surface area contributed by atoms with E-state index in [0.717, 1.165) is 40.5 Å². The van der Waals surface area contributed by atoms with Crippen molar-refractivity contribution in [3.63, 3.8) is 0 Å². The van der Waals surface area contributed by atoms with E-state index in [4.69, 9.17) is 5.73 Å². The molecular formula is C15H21BrN2O. The molecule has 0 radical (unpaired) electrons. The van der Waals surface area contributed by atoms with Crippen LogP contribution >= 0.6 is 15.9 Å². The Hall–Kier alpha value is -0.870. The summed E-state index contributed by atoms with van der Waals surface area (Å²) in [5.74, 6) is 0.0472. The second-order valence-corrected chi connectivity index (χ2v) is 6.70. The van der Waals surface area contributed by atoms with Crippen LogP contribution in [0.5, 0.6) is 0 Å². The Labute approximate surface area is 123 Å². The molecule has 2 rings (SSSR count). The van der Waals surface area contributed by atoms with Crippen molar-refractivity contribution < 1.29 is 4.79 Å². The van der Waals surface area contributed by atoms with Crippen LogP contribution in [0.2, 0.25) is 0 Å². The number of carbonyl (C=O) groups is 1. The molecule has 1 amide bonds. The largest absolute Gasteiger partial charge is 0.327 e. The molecule has 0 aromatic heterocycles. The minimum Gasteiger partial charge on any atom is -0.327 e. The third-order valence-corrected chi connectivity index (χ3v) is 4.74. The van der Waals surface area contributed by atoms with Gasteiger partial charge in [-0.2, -0.15) is 0 Å². The Kier molecular flexibility index (Phi) is 4.02. The SMILES string of the molecule is Cc1cc(Br)cc(C)c1NC(=O)C1(C)CCCC1N. The van der Waals surface area contributed by atoms with E-state index in [9.17, 15) is 4.79 Å². The molecule has 1 aliphatic carbocycles. The lowest BCUT2D eigenvalue weighted by molar-refractivity contribution is -0.125. The van der Waals surface area contributed by atoms with E-state index >= 15 is 0 Å². The average Bonchev–Trinajstić information content (AvgIpc) is 2.65. The van der Waals surface area contributed by atoms with E-state index < -0.39 is 5.41 Å². The standard InChI is InChI=1S/C15H21BrN2O/c1-9-7-11(16)8-10(2)13(9)18-14(19)15(3)6-4-5-12(15)17/h7-8,12H,4-6,17H2,1-3H3,(H,18,19). The number of nitrogens with two attached hydrogens (primary N) is 1. The lowest BCUT2D eigenvalue weighted by Crippen LogP contribution is -2.44. The molecule has 0 heterocycles. The first kappa shape index (κ1) is 14.5. The molecule has 4 heteroatoms. The van der Waals surface area contributed by atoms with Crippen LogP contribution in [0.25, 0.3) is 0 Å². The van der Waals surface area contributed by atoms with Gasteiger partial charge in [-0.3, -0.25) is 4.79 Å². The van der Waals surface area contributed by atoms with Gasteiger partial charge in [-0.1, -0.05) is 22.4 Å². The Balaban J connectivity index is 2.25. The monoisotopic (exact) mass is 324 g/mol. The summed E-state index contributed by atoms with van der Waals surface area (Å²) >= 11 is 3.47. The van der Waals surface area contributed by atoms with Gasteiger partial charge in [0, 0.05) is 16.2 Å². The van der Waals surface area contributed by atoms with E-state index in [-0.39, 0.29) is 11.9 Å². The minimum atomic E-state index is -0.439. The molecule has 1 aromatic rings. The van der Waals surface area contributed by atoms with Gasteiger partial charge in [0.05, 0.1) is 5.41 Å². The lowest BCUT2D eigenvalue weighted by Gasteiger charge is -2.28. The average molecular weight is 325 g/mol.